The van der Waals surface area contributed by atoms with Crippen molar-refractivity contribution in [3.05, 3.63) is 59.2 Å². The van der Waals surface area contributed by atoms with Crippen LogP contribution in [0.3, 0.4) is 0 Å². The van der Waals surface area contributed by atoms with Gasteiger partial charge in [0.05, 0.1) is 0 Å². The van der Waals surface area contributed by atoms with E-state index >= 15 is 0 Å². The van der Waals surface area contributed by atoms with E-state index in [0.29, 0.717) is 22.6 Å². The first-order valence-corrected chi connectivity index (χ1v) is 5.48. The summed E-state index contributed by atoms with van der Waals surface area (Å²) >= 11 is 0. The number of rotatable bonds is 3. The summed E-state index contributed by atoms with van der Waals surface area (Å²) in [5.74, 6) is -0.337. The molecule has 2 rings (SSSR count). The molecule has 2 aromatic carbocycles. The van der Waals surface area contributed by atoms with Gasteiger partial charge >= 0.3 is 0 Å². The molecule has 18 heavy (non-hydrogen) atoms. The minimum absolute atomic E-state index is 0.143. The molecular weight excluding hydrogens is 236 g/mol. The maximum absolute atomic E-state index is 13.3. The zero-order valence-corrected chi connectivity index (χ0v) is 9.91. The van der Waals surface area contributed by atoms with Gasteiger partial charge in [-0.1, -0.05) is 6.07 Å². The third-order valence-electron chi connectivity index (χ3n) is 2.53. The lowest BCUT2D eigenvalue weighted by Gasteiger charge is -2.08. The number of nitrogens with two attached hydrogens (primary N) is 1. The maximum atomic E-state index is 13.3. The molecule has 0 amide bonds. The van der Waals surface area contributed by atoms with Crippen LogP contribution in [0.15, 0.2) is 36.4 Å². The second kappa shape index (κ2) is 5.04. The summed E-state index contributed by atoms with van der Waals surface area (Å²) in [6.07, 6.45) is 0. The van der Waals surface area contributed by atoms with E-state index in [1.54, 1.807) is 25.1 Å². The molecule has 0 radical (unpaired) electrons. The average molecular weight is 249 g/mol. The molecule has 2 N–H and O–H groups in total. The Labute approximate surface area is 104 Å². The van der Waals surface area contributed by atoms with Gasteiger partial charge < -0.3 is 10.5 Å². The molecule has 0 aliphatic carbocycles. The summed E-state index contributed by atoms with van der Waals surface area (Å²) in [6.45, 7) is 1.82. The lowest BCUT2D eigenvalue weighted by molar-refractivity contribution is 0.304. The summed E-state index contributed by atoms with van der Waals surface area (Å²) in [5.41, 5.74) is 7.01. The number of anilines is 1. The molecule has 4 heteroatoms. The Hall–Kier alpha value is -2.10. The highest BCUT2D eigenvalue weighted by atomic mass is 19.1. The van der Waals surface area contributed by atoms with Crippen LogP contribution >= 0.6 is 0 Å². The van der Waals surface area contributed by atoms with Crippen LogP contribution in [-0.4, -0.2) is 0 Å². The average Bonchev–Trinajstić information content (AvgIpc) is 2.29. The number of aryl methyl sites for hydroxylation is 1. The fourth-order valence-corrected chi connectivity index (χ4v) is 1.59. The molecule has 94 valence electrons. The highest BCUT2D eigenvalue weighted by molar-refractivity contribution is 5.41. The lowest BCUT2D eigenvalue weighted by Crippen LogP contribution is -1.98. The van der Waals surface area contributed by atoms with Gasteiger partial charge in [0, 0.05) is 11.8 Å². The normalized spacial score (nSPS) is 10.4. The van der Waals surface area contributed by atoms with Crippen LogP contribution in [0.25, 0.3) is 0 Å². The third-order valence-corrected chi connectivity index (χ3v) is 2.53. The van der Waals surface area contributed by atoms with Gasteiger partial charge in [-0.25, -0.2) is 8.78 Å². The first-order chi connectivity index (χ1) is 8.54. The van der Waals surface area contributed by atoms with Crippen molar-refractivity contribution in [1.29, 1.82) is 0 Å². The Morgan fingerprint density at radius 2 is 1.89 bits per heavy atom. The van der Waals surface area contributed by atoms with Crippen molar-refractivity contribution in [2.24, 2.45) is 0 Å². The summed E-state index contributed by atoms with van der Waals surface area (Å²) in [7, 11) is 0. The van der Waals surface area contributed by atoms with E-state index in [2.05, 4.69) is 0 Å². The summed E-state index contributed by atoms with van der Waals surface area (Å²) in [6, 6.07) is 8.78. The molecule has 0 aliphatic heterocycles. The molecule has 2 nitrogen and oxygen atoms in total. The van der Waals surface area contributed by atoms with Crippen LogP contribution < -0.4 is 10.5 Å². The molecule has 0 atom stereocenters. The zero-order valence-electron chi connectivity index (χ0n) is 9.91. The van der Waals surface area contributed by atoms with E-state index in [1.165, 1.54) is 18.2 Å². The Kier molecular flexibility index (Phi) is 3.46. The second-order valence-electron chi connectivity index (χ2n) is 4.09. The summed E-state index contributed by atoms with van der Waals surface area (Å²) in [4.78, 5) is 0. The number of benzene rings is 2. The van der Waals surface area contributed by atoms with Crippen molar-refractivity contribution in [3.8, 4) is 5.75 Å². The van der Waals surface area contributed by atoms with E-state index in [4.69, 9.17) is 10.5 Å². The molecule has 0 heterocycles. The van der Waals surface area contributed by atoms with Crippen LogP contribution in [-0.2, 0) is 6.61 Å². The number of nitrogen functional groups attached to an aromatic ring is 1. The molecule has 0 aromatic heterocycles. The molecule has 0 spiro atoms. The number of ether oxygens (including phenoxy) is 1. The molecule has 2 aromatic rings. The fraction of sp³-hybridized carbons (Fsp3) is 0.143. The predicted molar refractivity (Wildman–Crippen MR) is 66.3 cm³/mol. The van der Waals surface area contributed by atoms with Crippen LogP contribution in [0, 0.1) is 18.6 Å². The largest absolute Gasteiger partial charge is 0.489 e. The van der Waals surface area contributed by atoms with Crippen molar-refractivity contribution in [3.63, 3.8) is 0 Å². The number of hydrogen-bond acceptors (Lipinski definition) is 2. The smallest absolute Gasteiger partial charge is 0.129 e. The summed E-state index contributed by atoms with van der Waals surface area (Å²) in [5, 5.41) is 0. The second-order valence-corrected chi connectivity index (χ2v) is 4.09. The topological polar surface area (TPSA) is 35.2 Å². The van der Waals surface area contributed by atoms with Crippen molar-refractivity contribution < 1.29 is 13.5 Å². The van der Waals surface area contributed by atoms with Gasteiger partial charge in [0.2, 0.25) is 0 Å². The van der Waals surface area contributed by atoms with E-state index in [0.717, 1.165) is 0 Å². The van der Waals surface area contributed by atoms with E-state index in [9.17, 15) is 8.78 Å². The molecule has 0 fully saturated rings. The number of hydrogen-bond donors (Lipinski definition) is 1. The Bertz CT molecular complexity index is 549. The lowest BCUT2D eigenvalue weighted by atomic mass is 10.2. The van der Waals surface area contributed by atoms with Crippen molar-refractivity contribution in [2.75, 3.05) is 5.73 Å². The van der Waals surface area contributed by atoms with E-state index in [1.807, 2.05) is 0 Å². The van der Waals surface area contributed by atoms with Crippen molar-refractivity contribution >= 4 is 5.69 Å². The Morgan fingerprint density at radius 1 is 1.11 bits per heavy atom. The Balaban J connectivity index is 2.08. The highest BCUT2D eigenvalue weighted by Crippen LogP contribution is 2.18. The van der Waals surface area contributed by atoms with Crippen molar-refractivity contribution in [1.82, 2.24) is 0 Å². The summed E-state index contributed by atoms with van der Waals surface area (Å²) < 4.78 is 31.7. The van der Waals surface area contributed by atoms with Crippen LogP contribution in [0.2, 0.25) is 0 Å². The predicted octanol–water partition coefficient (Wildman–Crippen LogP) is 3.43. The van der Waals surface area contributed by atoms with Gasteiger partial charge in [-0.05, 0) is 42.3 Å². The fourth-order valence-electron chi connectivity index (χ4n) is 1.59. The zero-order chi connectivity index (χ0) is 13.1. The minimum atomic E-state index is -0.413. The monoisotopic (exact) mass is 249 g/mol. The number of halogens is 2. The SMILES string of the molecule is Cc1ccc(OCc2cc(N)cc(F)c2)cc1F. The Morgan fingerprint density at radius 3 is 2.56 bits per heavy atom. The van der Waals surface area contributed by atoms with Crippen LogP contribution in [0.5, 0.6) is 5.75 Å². The van der Waals surface area contributed by atoms with Crippen LogP contribution in [0.1, 0.15) is 11.1 Å². The van der Waals surface area contributed by atoms with Gasteiger partial charge in [0.1, 0.15) is 24.0 Å². The standard InChI is InChI=1S/C14H13F2NO/c1-9-2-3-13(7-14(9)16)18-8-10-4-11(15)6-12(17)5-10/h2-7H,8,17H2,1H3. The highest BCUT2D eigenvalue weighted by Gasteiger charge is 2.02. The van der Waals surface area contributed by atoms with Crippen molar-refractivity contribution in [2.45, 2.75) is 13.5 Å². The molecule has 0 aliphatic rings. The molecule has 0 saturated heterocycles. The first-order valence-electron chi connectivity index (χ1n) is 5.48. The van der Waals surface area contributed by atoms with E-state index < -0.39 is 5.82 Å². The van der Waals surface area contributed by atoms with Gasteiger partial charge in [0.15, 0.2) is 0 Å². The van der Waals surface area contributed by atoms with Gasteiger partial charge in [-0.3, -0.25) is 0 Å². The van der Waals surface area contributed by atoms with Gasteiger partial charge in [0.25, 0.3) is 0 Å². The maximum Gasteiger partial charge on any atom is 0.129 e. The molecule has 0 bridgehead atoms. The van der Waals surface area contributed by atoms with Gasteiger partial charge in [-0.15, -0.1) is 0 Å². The third kappa shape index (κ3) is 2.97. The quantitative estimate of drug-likeness (QED) is 0.846. The van der Waals surface area contributed by atoms with E-state index in [-0.39, 0.29) is 12.4 Å². The van der Waals surface area contributed by atoms with Crippen LogP contribution in [0.4, 0.5) is 14.5 Å². The molecular formula is C14H13F2NO. The first kappa shape index (κ1) is 12.4. The van der Waals surface area contributed by atoms with Gasteiger partial charge in [-0.2, -0.15) is 0 Å². The molecule has 0 unspecified atom stereocenters. The molecule has 0 saturated carbocycles. The minimum Gasteiger partial charge on any atom is -0.489 e.